The average molecular weight is 384 g/mol. The van der Waals surface area contributed by atoms with Gasteiger partial charge in [0, 0.05) is 5.69 Å². The maximum absolute atomic E-state index is 12.5. The summed E-state index contributed by atoms with van der Waals surface area (Å²) in [6, 6.07) is 4.12. The van der Waals surface area contributed by atoms with Crippen LogP contribution in [0.2, 0.25) is 0 Å². The lowest BCUT2D eigenvalue weighted by atomic mass is 10.2. The molecule has 0 aliphatic carbocycles. The van der Waals surface area contributed by atoms with E-state index in [2.05, 4.69) is 25.6 Å². The minimum atomic E-state index is -4.43. The van der Waals surface area contributed by atoms with Crippen LogP contribution in [0.25, 0.3) is 5.78 Å². The van der Waals surface area contributed by atoms with Gasteiger partial charge in [-0.05, 0) is 31.2 Å². The Bertz CT molecular complexity index is 1010. The standard InChI is InChI=1S/C14H11F3N6O2S/c1-7-11(25)19-12-20-21-13(23(12)22-7)26-6-10(24)18-9-4-2-8(3-5-9)14(15,16)17/h2-5H,6H2,1H3,(H,18,24)(H,19,20,25). The molecule has 0 saturated carbocycles. The Morgan fingerprint density at radius 1 is 1.27 bits per heavy atom. The highest BCUT2D eigenvalue weighted by molar-refractivity contribution is 7.99. The number of anilines is 1. The number of nitrogens with one attached hydrogen (secondary N) is 2. The summed E-state index contributed by atoms with van der Waals surface area (Å²) in [5.74, 6) is -0.360. The first kappa shape index (κ1) is 17.9. The number of carbonyl (C=O) groups excluding carboxylic acids is 1. The topological polar surface area (TPSA) is 105 Å². The van der Waals surface area contributed by atoms with Gasteiger partial charge in [0.25, 0.3) is 11.3 Å². The lowest BCUT2D eigenvalue weighted by Gasteiger charge is -2.08. The molecule has 2 N–H and O–H groups in total. The van der Waals surface area contributed by atoms with Crippen molar-refractivity contribution in [3.05, 3.63) is 45.9 Å². The van der Waals surface area contributed by atoms with Crippen LogP contribution >= 0.6 is 11.8 Å². The molecule has 0 bridgehead atoms. The number of thioether (sulfide) groups is 1. The van der Waals surface area contributed by atoms with Crippen LogP contribution in [-0.2, 0) is 11.0 Å². The molecule has 12 heteroatoms. The second-order valence-corrected chi connectivity index (χ2v) is 6.11. The highest BCUT2D eigenvalue weighted by Gasteiger charge is 2.30. The number of aromatic amines is 1. The van der Waals surface area contributed by atoms with E-state index in [9.17, 15) is 22.8 Å². The first-order chi connectivity index (χ1) is 12.2. The number of H-pyrrole nitrogens is 1. The number of carbonyl (C=O) groups is 1. The molecule has 3 aromatic rings. The fourth-order valence-corrected chi connectivity index (χ4v) is 2.66. The summed E-state index contributed by atoms with van der Waals surface area (Å²) >= 11 is 1.02. The number of rotatable bonds is 4. The molecule has 0 aliphatic heterocycles. The number of hydrogen-bond acceptors (Lipinski definition) is 6. The molecule has 1 amide bonds. The highest BCUT2D eigenvalue weighted by atomic mass is 32.2. The number of halogens is 3. The average Bonchev–Trinajstić information content (AvgIpc) is 2.95. The van der Waals surface area contributed by atoms with Crippen LogP contribution in [0.3, 0.4) is 0 Å². The molecule has 0 aliphatic rings. The molecule has 0 atom stereocenters. The number of amides is 1. The molecule has 0 unspecified atom stereocenters. The normalized spacial score (nSPS) is 11.7. The summed E-state index contributed by atoms with van der Waals surface area (Å²) in [6.45, 7) is 1.52. The minimum Gasteiger partial charge on any atom is -0.325 e. The number of aromatic nitrogens is 5. The Morgan fingerprint density at radius 3 is 2.62 bits per heavy atom. The van der Waals surface area contributed by atoms with E-state index >= 15 is 0 Å². The molecule has 8 nitrogen and oxygen atoms in total. The van der Waals surface area contributed by atoms with Crippen molar-refractivity contribution in [3.63, 3.8) is 0 Å². The summed E-state index contributed by atoms with van der Waals surface area (Å²) in [7, 11) is 0. The van der Waals surface area contributed by atoms with Gasteiger partial charge >= 0.3 is 6.18 Å². The molecule has 2 heterocycles. The van der Waals surface area contributed by atoms with E-state index in [1.807, 2.05) is 0 Å². The van der Waals surface area contributed by atoms with Crippen LogP contribution in [-0.4, -0.2) is 36.5 Å². The van der Waals surface area contributed by atoms with Crippen molar-refractivity contribution in [1.82, 2.24) is 24.8 Å². The third kappa shape index (κ3) is 3.85. The monoisotopic (exact) mass is 384 g/mol. The smallest absolute Gasteiger partial charge is 0.325 e. The van der Waals surface area contributed by atoms with Crippen LogP contribution in [0.1, 0.15) is 11.3 Å². The fraction of sp³-hybridized carbons (Fsp3) is 0.214. The zero-order valence-corrected chi connectivity index (χ0v) is 14.0. The van der Waals surface area contributed by atoms with Gasteiger partial charge in [-0.15, -0.1) is 10.2 Å². The quantitative estimate of drug-likeness (QED) is 0.666. The Kier molecular flexibility index (Phi) is 4.68. The zero-order chi connectivity index (χ0) is 18.9. The Morgan fingerprint density at radius 2 is 1.96 bits per heavy atom. The van der Waals surface area contributed by atoms with Crippen molar-refractivity contribution in [2.24, 2.45) is 0 Å². The van der Waals surface area contributed by atoms with Crippen LogP contribution in [0.5, 0.6) is 0 Å². The maximum atomic E-state index is 12.5. The molecule has 0 spiro atoms. The van der Waals surface area contributed by atoms with Gasteiger partial charge in [0.15, 0.2) is 0 Å². The third-order valence-corrected chi connectivity index (χ3v) is 4.16. The first-order valence-electron chi connectivity index (χ1n) is 7.16. The van der Waals surface area contributed by atoms with E-state index in [0.717, 1.165) is 23.9 Å². The van der Waals surface area contributed by atoms with Crippen molar-refractivity contribution in [1.29, 1.82) is 0 Å². The van der Waals surface area contributed by atoms with Gasteiger partial charge in [0.05, 0.1) is 11.3 Å². The summed E-state index contributed by atoms with van der Waals surface area (Å²) < 4.78 is 38.8. The van der Waals surface area contributed by atoms with E-state index in [0.29, 0.717) is 5.16 Å². The summed E-state index contributed by atoms with van der Waals surface area (Å²) in [6.07, 6.45) is -4.43. The fourth-order valence-electron chi connectivity index (χ4n) is 1.98. The van der Waals surface area contributed by atoms with Crippen LogP contribution in [0.15, 0.2) is 34.2 Å². The molecular weight excluding hydrogens is 373 g/mol. The van der Waals surface area contributed by atoms with Crippen molar-refractivity contribution < 1.29 is 18.0 Å². The number of hydrogen-bond donors (Lipinski definition) is 2. The number of aryl methyl sites for hydroxylation is 1. The number of nitrogens with zero attached hydrogens (tertiary/aromatic N) is 4. The molecular formula is C14H11F3N6O2S. The van der Waals surface area contributed by atoms with Gasteiger partial charge in [-0.3, -0.25) is 14.6 Å². The third-order valence-electron chi connectivity index (χ3n) is 3.24. The predicted molar refractivity (Wildman–Crippen MR) is 86.9 cm³/mol. The van der Waals surface area contributed by atoms with Gasteiger partial charge in [-0.25, -0.2) is 0 Å². The molecule has 136 valence electrons. The second-order valence-electron chi connectivity index (χ2n) is 5.17. The summed E-state index contributed by atoms with van der Waals surface area (Å²) in [5.41, 5.74) is -0.724. The second kappa shape index (κ2) is 6.78. The van der Waals surface area contributed by atoms with E-state index in [1.165, 1.54) is 23.6 Å². The Labute approximate surface area is 147 Å². The number of benzene rings is 1. The van der Waals surface area contributed by atoms with Gasteiger partial charge in [0.2, 0.25) is 11.1 Å². The van der Waals surface area contributed by atoms with Gasteiger partial charge in [-0.1, -0.05) is 11.8 Å². The van der Waals surface area contributed by atoms with E-state index in [-0.39, 0.29) is 28.5 Å². The van der Waals surface area contributed by atoms with Gasteiger partial charge in [-0.2, -0.15) is 22.8 Å². The molecule has 26 heavy (non-hydrogen) atoms. The molecule has 2 aromatic heterocycles. The summed E-state index contributed by atoms with van der Waals surface area (Å²) in [5, 5.41) is 14.4. The van der Waals surface area contributed by atoms with Crippen molar-refractivity contribution in [3.8, 4) is 0 Å². The minimum absolute atomic E-state index is 0.0678. The Hall–Kier alpha value is -2.89. The van der Waals surface area contributed by atoms with Crippen LogP contribution < -0.4 is 10.9 Å². The number of fused-ring (bicyclic) bond motifs is 1. The Balaban J connectivity index is 1.64. The molecule has 1 aromatic carbocycles. The van der Waals surface area contributed by atoms with Crippen LogP contribution in [0, 0.1) is 6.92 Å². The van der Waals surface area contributed by atoms with E-state index in [1.54, 1.807) is 0 Å². The SMILES string of the molecule is Cc1nn2c(SCC(=O)Nc3ccc(C(F)(F)F)cc3)nnc2[nH]c1=O. The van der Waals surface area contributed by atoms with E-state index < -0.39 is 17.6 Å². The maximum Gasteiger partial charge on any atom is 0.416 e. The highest BCUT2D eigenvalue weighted by Crippen LogP contribution is 2.29. The van der Waals surface area contributed by atoms with Gasteiger partial charge < -0.3 is 5.32 Å². The van der Waals surface area contributed by atoms with Gasteiger partial charge in [0.1, 0.15) is 5.69 Å². The largest absolute Gasteiger partial charge is 0.416 e. The first-order valence-corrected chi connectivity index (χ1v) is 8.15. The molecule has 0 fully saturated rings. The zero-order valence-electron chi connectivity index (χ0n) is 13.2. The predicted octanol–water partition coefficient (Wildman–Crippen LogP) is 1.87. The van der Waals surface area contributed by atoms with Crippen LogP contribution in [0.4, 0.5) is 18.9 Å². The molecule has 3 rings (SSSR count). The summed E-state index contributed by atoms with van der Waals surface area (Å²) in [4.78, 5) is 25.9. The van der Waals surface area contributed by atoms with Crippen molar-refractivity contribution >= 4 is 29.1 Å². The molecule has 0 radical (unpaired) electrons. The van der Waals surface area contributed by atoms with E-state index in [4.69, 9.17) is 0 Å². The lowest BCUT2D eigenvalue weighted by molar-refractivity contribution is -0.137. The number of alkyl halides is 3. The lowest BCUT2D eigenvalue weighted by Crippen LogP contribution is -2.16. The van der Waals surface area contributed by atoms with Crippen molar-refractivity contribution in [2.45, 2.75) is 18.3 Å². The molecule has 0 saturated heterocycles. The van der Waals surface area contributed by atoms with Crippen molar-refractivity contribution in [2.75, 3.05) is 11.1 Å².